The highest BCUT2D eigenvalue weighted by Crippen LogP contribution is 2.39. The fourth-order valence-corrected chi connectivity index (χ4v) is 3.65. The minimum atomic E-state index is 1.35. The third-order valence-electron chi connectivity index (χ3n) is 4.82. The lowest BCUT2D eigenvalue weighted by Gasteiger charge is -2.17. The quantitative estimate of drug-likeness (QED) is 0.349. The first-order chi connectivity index (χ1) is 9.58. The molecule has 0 saturated heterocycles. The van der Waals surface area contributed by atoms with Crippen molar-refractivity contribution < 1.29 is 0 Å². The first-order valence-corrected chi connectivity index (χ1v) is 7.23. The largest absolute Gasteiger partial charge is 0.0581 e. The van der Waals surface area contributed by atoms with E-state index in [1.54, 1.807) is 0 Å². The predicted octanol–water partition coefficient (Wildman–Crippen LogP) is 5.82. The molecule has 0 aliphatic carbocycles. The summed E-state index contributed by atoms with van der Waals surface area (Å²) in [4.78, 5) is 0. The van der Waals surface area contributed by atoms with Crippen molar-refractivity contribution in [1.82, 2.24) is 0 Å². The van der Waals surface area contributed by atoms with Crippen molar-refractivity contribution in [1.29, 1.82) is 0 Å². The van der Waals surface area contributed by atoms with E-state index in [1.807, 2.05) is 0 Å². The summed E-state index contributed by atoms with van der Waals surface area (Å²) >= 11 is 0. The summed E-state index contributed by atoms with van der Waals surface area (Å²) in [5, 5.41) is 8.46. The van der Waals surface area contributed by atoms with Crippen molar-refractivity contribution in [3.05, 3.63) is 58.7 Å². The third-order valence-corrected chi connectivity index (χ3v) is 4.82. The Bertz CT molecular complexity index is 974. The lowest BCUT2D eigenvalue weighted by molar-refractivity contribution is 1.37. The number of hydrogen-bond donors (Lipinski definition) is 0. The van der Waals surface area contributed by atoms with Gasteiger partial charge in [0, 0.05) is 0 Å². The van der Waals surface area contributed by atoms with Gasteiger partial charge in [-0.15, -0.1) is 0 Å². The van der Waals surface area contributed by atoms with E-state index in [-0.39, 0.29) is 0 Å². The molecule has 0 heterocycles. The molecule has 0 N–H and O–H groups in total. The van der Waals surface area contributed by atoms with Crippen LogP contribution in [-0.2, 0) is 0 Å². The molecule has 0 aromatic heterocycles. The molecule has 0 atom stereocenters. The molecule has 0 fully saturated rings. The standard InChI is InChI=1S/C20H18/c1-11-5-6-15-7-8-16-9-12(2)14(4)18-13(3)10-17(11)19(15)20(16)18/h5-10H,1-4H3. The van der Waals surface area contributed by atoms with E-state index >= 15 is 0 Å². The summed E-state index contributed by atoms with van der Waals surface area (Å²) in [6.45, 7) is 8.93. The Balaban J connectivity index is 2.48. The van der Waals surface area contributed by atoms with E-state index in [0.29, 0.717) is 0 Å². The molecule has 20 heavy (non-hydrogen) atoms. The third kappa shape index (κ3) is 1.31. The Morgan fingerprint density at radius 2 is 1.25 bits per heavy atom. The van der Waals surface area contributed by atoms with Gasteiger partial charge in [-0.05, 0) is 82.3 Å². The number of aryl methyl sites for hydroxylation is 4. The van der Waals surface area contributed by atoms with Crippen LogP contribution in [0.3, 0.4) is 0 Å². The fraction of sp³-hybridized carbons (Fsp3) is 0.200. The molecule has 4 aromatic rings. The average Bonchev–Trinajstić information content (AvgIpc) is 2.43. The predicted molar refractivity (Wildman–Crippen MR) is 89.1 cm³/mol. The van der Waals surface area contributed by atoms with Crippen molar-refractivity contribution in [2.24, 2.45) is 0 Å². The molecule has 0 bridgehead atoms. The van der Waals surface area contributed by atoms with Gasteiger partial charge in [-0.1, -0.05) is 36.4 Å². The van der Waals surface area contributed by atoms with Gasteiger partial charge < -0.3 is 0 Å². The van der Waals surface area contributed by atoms with E-state index in [0.717, 1.165) is 0 Å². The summed E-state index contributed by atoms with van der Waals surface area (Å²) < 4.78 is 0. The SMILES string of the molecule is Cc1cc2ccc3ccc(C)c4cc(C)c(c1C)c2c34. The monoisotopic (exact) mass is 258 g/mol. The zero-order chi connectivity index (χ0) is 14.0. The van der Waals surface area contributed by atoms with Crippen LogP contribution in [-0.4, -0.2) is 0 Å². The van der Waals surface area contributed by atoms with E-state index in [9.17, 15) is 0 Å². The maximum Gasteiger partial charge on any atom is -0.00212 e. The summed E-state index contributed by atoms with van der Waals surface area (Å²) in [5.41, 5.74) is 5.57. The molecule has 4 aromatic carbocycles. The van der Waals surface area contributed by atoms with Gasteiger partial charge in [0.1, 0.15) is 0 Å². The minimum absolute atomic E-state index is 1.35. The second-order valence-electron chi connectivity index (χ2n) is 6.08. The molecular formula is C20H18. The first-order valence-electron chi connectivity index (χ1n) is 7.23. The van der Waals surface area contributed by atoms with Crippen LogP contribution < -0.4 is 0 Å². The van der Waals surface area contributed by atoms with Crippen molar-refractivity contribution in [3.63, 3.8) is 0 Å². The first kappa shape index (κ1) is 11.7. The molecule has 0 unspecified atom stereocenters. The highest BCUT2D eigenvalue weighted by atomic mass is 14.2. The van der Waals surface area contributed by atoms with Crippen LogP contribution >= 0.6 is 0 Å². The van der Waals surface area contributed by atoms with Crippen LogP contribution in [0.2, 0.25) is 0 Å². The van der Waals surface area contributed by atoms with Crippen molar-refractivity contribution in [3.8, 4) is 0 Å². The van der Waals surface area contributed by atoms with Crippen LogP contribution in [0.5, 0.6) is 0 Å². The van der Waals surface area contributed by atoms with Gasteiger partial charge in [0.05, 0.1) is 0 Å². The summed E-state index contributed by atoms with van der Waals surface area (Å²) in [6.07, 6.45) is 0. The summed E-state index contributed by atoms with van der Waals surface area (Å²) in [6, 6.07) is 13.7. The Labute approximate surface area is 119 Å². The van der Waals surface area contributed by atoms with Gasteiger partial charge in [-0.2, -0.15) is 0 Å². The Hall–Kier alpha value is -2.08. The van der Waals surface area contributed by atoms with E-state index in [2.05, 4.69) is 64.1 Å². The van der Waals surface area contributed by atoms with Gasteiger partial charge >= 0.3 is 0 Å². The van der Waals surface area contributed by atoms with Crippen molar-refractivity contribution in [2.45, 2.75) is 27.7 Å². The molecule has 4 rings (SSSR count). The molecular weight excluding hydrogens is 240 g/mol. The lowest BCUT2D eigenvalue weighted by atomic mass is 9.86. The normalized spacial score (nSPS) is 12.0. The zero-order valence-corrected chi connectivity index (χ0v) is 12.5. The number of rotatable bonds is 0. The van der Waals surface area contributed by atoms with Crippen LogP contribution in [0.1, 0.15) is 22.3 Å². The maximum atomic E-state index is 2.37. The maximum absolute atomic E-state index is 2.37. The fourth-order valence-electron chi connectivity index (χ4n) is 3.65. The van der Waals surface area contributed by atoms with Gasteiger partial charge in [0.15, 0.2) is 0 Å². The molecule has 0 aliphatic rings. The average molecular weight is 258 g/mol. The van der Waals surface area contributed by atoms with Gasteiger partial charge in [0.25, 0.3) is 0 Å². The van der Waals surface area contributed by atoms with Crippen LogP contribution in [0.15, 0.2) is 36.4 Å². The van der Waals surface area contributed by atoms with Crippen molar-refractivity contribution >= 4 is 32.3 Å². The molecule has 0 radical (unpaired) electrons. The van der Waals surface area contributed by atoms with Crippen LogP contribution in [0, 0.1) is 27.7 Å². The molecule has 0 spiro atoms. The highest BCUT2D eigenvalue weighted by Gasteiger charge is 2.14. The number of benzene rings is 4. The number of hydrogen-bond acceptors (Lipinski definition) is 0. The molecule has 98 valence electrons. The summed E-state index contributed by atoms with van der Waals surface area (Å²) in [5.74, 6) is 0. The molecule has 0 heteroatoms. The molecule has 0 aliphatic heterocycles. The second kappa shape index (κ2) is 3.73. The summed E-state index contributed by atoms with van der Waals surface area (Å²) in [7, 11) is 0. The Morgan fingerprint density at radius 3 is 2.05 bits per heavy atom. The lowest BCUT2D eigenvalue weighted by Crippen LogP contribution is -1.93. The van der Waals surface area contributed by atoms with Crippen LogP contribution in [0.4, 0.5) is 0 Å². The molecule has 0 saturated carbocycles. The zero-order valence-electron chi connectivity index (χ0n) is 12.5. The highest BCUT2D eigenvalue weighted by molar-refractivity contribution is 6.25. The second-order valence-corrected chi connectivity index (χ2v) is 6.08. The van der Waals surface area contributed by atoms with E-state index < -0.39 is 0 Å². The van der Waals surface area contributed by atoms with Gasteiger partial charge in [-0.3, -0.25) is 0 Å². The van der Waals surface area contributed by atoms with Crippen LogP contribution in [0.25, 0.3) is 32.3 Å². The van der Waals surface area contributed by atoms with Gasteiger partial charge in [0.2, 0.25) is 0 Å². The molecule has 0 nitrogen and oxygen atoms in total. The smallest absolute Gasteiger partial charge is 0.00212 e. The Kier molecular flexibility index (Phi) is 2.18. The van der Waals surface area contributed by atoms with Crippen molar-refractivity contribution in [2.75, 3.05) is 0 Å². The minimum Gasteiger partial charge on any atom is -0.0581 e. The van der Waals surface area contributed by atoms with E-state index in [1.165, 1.54) is 54.6 Å². The Morgan fingerprint density at radius 1 is 0.550 bits per heavy atom. The van der Waals surface area contributed by atoms with E-state index in [4.69, 9.17) is 0 Å². The molecule has 0 amide bonds. The topological polar surface area (TPSA) is 0 Å². The van der Waals surface area contributed by atoms with Gasteiger partial charge in [-0.25, -0.2) is 0 Å².